The van der Waals surface area contributed by atoms with Crippen LogP contribution in [0.2, 0.25) is 0 Å². The molecule has 2 rings (SSSR count). The first-order valence-corrected chi connectivity index (χ1v) is 7.00. The van der Waals surface area contributed by atoms with Crippen LogP contribution in [0.4, 0.5) is 0 Å². The number of esters is 1. The lowest BCUT2D eigenvalue weighted by Gasteiger charge is -2.24. The third kappa shape index (κ3) is 3.57. The molecule has 3 nitrogen and oxygen atoms in total. The van der Waals surface area contributed by atoms with E-state index < -0.39 is 0 Å². The smallest absolute Gasteiger partial charge is 0.314 e. The molecule has 0 unspecified atom stereocenters. The predicted molar refractivity (Wildman–Crippen MR) is 76.4 cm³/mol. The third-order valence-electron chi connectivity index (χ3n) is 3.58. The zero-order valence-electron chi connectivity index (χ0n) is 12.0. The van der Waals surface area contributed by atoms with E-state index in [0.29, 0.717) is 5.75 Å². The fourth-order valence-electron chi connectivity index (χ4n) is 2.42. The molecule has 0 saturated carbocycles. The number of rotatable bonds is 2. The molecule has 1 aromatic rings. The second-order valence-corrected chi connectivity index (χ2v) is 6.19. The van der Waals surface area contributed by atoms with Gasteiger partial charge >= 0.3 is 5.97 Å². The van der Waals surface area contributed by atoms with Gasteiger partial charge in [-0.2, -0.15) is 0 Å². The van der Waals surface area contributed by atoms with Crippen LogP contribution in [0.3, 0.4) is 0 Å². The van der Waals surface area contributed by atoms with Crippen molar-refractivity contribution in [2.45, 2.75) is 39.0 Å². The molecule has 0 bridgehead atoms. The molecule has 0 atom stereocenters. The quantitative estimate of drug-likeness (QED) is 0.657. The van der Waals surface area contributed by atoms with Gasteiger partial charge in [-0.25, -0.2) is 0 Å². The van der Waals surface area contributed by atoms with Crippen LogP contribution in [0.15, 0.2) is 24.3 Å². The number of carbonyl (C=O) groups excluding carboxylic acids is 1. The highest BCUT2D eigenvalue weighted by Gasteiger charge is 2.25. The van der Waals surface area contributed by atoms with Crippen LogP contribution in [0.25, 0.3) is 0 Å². The van der Waals surface area contributed by atoms with Gasteiger partial charge in [0.2, 0.25) is 0 Å². The van der Waals surface area contributed by atoms with E-state index in [1.165, 1.54) is 0 Å². The van der Waals surface area contributed by atoms with Crippen molar-refractivity contribution >= 4 is 5.97 Å². The summed E-state index contributed by atoms with van der Waals surface area (Å²) in [5.74, 6) is 0.658. The number of hydrogen-bond acceptors (Lipinski definition) is 3. The summed E-state index contributed by atoms with van der Waals surface area (Å²) in [7, 11) is 0. The summed E-state index contributed by atoms with van der Waals surface area (Å²) in [6, 6.07) is 7.83. The highest BCUT2D eigenvalue weighted by atomic mass is 16.5. The Hall–Kier alpha value is -1.35. The van der Waals surface area contributed by atoms with E-state index in [1.54, 1.807) is 0 Å². The van der Waals surface area contributed by atoms with Crippen LogP contribution < -0.4 is 10.1 Å². The molecule has 1 saturated heterocycles. The molecule has 3 heteroatoms. The lowest BCUT2D eigenvalue weighted by Crippen LogP contribution is -2.34. The van der Waals surface area contributed by atoms with Crippen molar-refractivity contribution in [2.24, 2.45) is 5.92 Å². The van der Waals surface area contributed by atoms with E-state index in [9.17, 15) is 4.79 Å². The molecule has 0 spiro atoms. The first kappa shape index (κ1) is 14.1. The van der Waals surface area contributed by atoms with Crippen molar-refractivity contribution in [3.63, 3.8) is 0 Å². The van der Waals surface area contributed by atoms with E-state index in [0.717, 1.165) is 31.5 Å². The van der Waals surface area contributed by atoms with E-state index in [-0.39, 0.29) is 17.3 Å². The van der Waals surface area contributed by atoms with Gasteiger partial charge < -0.3 is 10.1 Å². The minimum atomic E-state index is -0.0850. The first-order chi connectivity index (χ1) is 8.98. The van der Waals surface area contributed by atoms with E-state index in [2.05, 4.69) is 26.1 Å². The summed E-state index contributed by atoms with van der Waals surface area (Å²) in [4.78, 5) is 12.2. The maximum absolute atomic E-state index is 12.2. The summed E-state index contributed by atoms with van der Waals surface area (Å²) in [5, 5.41) is 3.26. The van der Waals surface area contributed by atoms with Crippen LogP contribution in [0.5, 0.6) is 5.75 Å². The number of piperidine rings is 1. The predicted octanol–water partition coefficient (Wildman–Crippen LogP) is 2.89. The molecule has 104 valence electrons. The monoisotopic (exact) mass is 261 g/mol. The largest absolute Gasteiger partial charge is 0.426 e. The van der Waals surface area contributed by atoms with Crippen LogP contribution >= 0.6 is 0 Å². The maximum atomic E-state index is 12.2. The highest BCUT2D eigenvalue weighted by Crippen LogP contribution is 2.31. The fourth-order valence-corrected chi connectivity index (χ4v) is 2.42. The molecule has 1 fully saturated rings. The van der Waals surface area contributed by atoms with Crippen molar-refractivity contribution in [3.8, 4) is 5.75 Å². The molecule has 1 aromatic carbocycles. The minimum absolute atomic E-state index is 0.0228. The number of para-hydroxylation sites is 1. The van der Waals surface area contributed by atoms with Gasteiger partial charge in [0, 0.05) is 5.56 Å². The summed E-state index contributed by atoms with van der Waals surface area (Å²) in [5.41, 5.74) is 1.06. The Labute approximate surface area is 115 Å². The fraction of sp³-hybridized carbons (Fsp3) is 0.562. The average Bonchev–Trinajstić information content (AvgIpc) is 2.39. The van der Waals surface area contributed by atoms with Gasteiger partial charge in [0.15, 0.2) is 0 Å². The van der Waals surface area contributed by atoms with Crippen LogP contribution in [0, 0.1) is 5.92 Å². The zero-order valence-corrected chi connectivity index (χ0v) is 12.0. The third-order valence-corrected chi connectivity index (χ3v) is 3.58. The number of hydrogen-bond donors (Lipinski definition) is 1. The van der Waals surface area contributed by atoms with Gasteiger partial charge in [-0.1, -0.05) is 39.0 Å². The Kier molecular flexibility index (Phi) is 4.25. The van der Waals surface area contributed by atoms with Gasteiger partial charge in [0.05, 0.1) is 5.92 Å². The lowest BCUT2D eigenvalue weighted by atomic mass is 9.86. The molecule has 1 aliphatic heterocycles. The Morgan fingerprint density at radius 2 is 1.84 bits per heavy atom. The zero-order chi connectivity index (χ0) is 13.9. The summed E-state index contributed by atoms with van der Waals surface area (Å²) >= 11 is 0. The van der Waals surface area contributed by atoms with Gasteiger partial charge in [0.25, 0.3) is 0 Å². The normalized spacial score (nSPS) is 17.2. The van der Waals surface area contributed by atoms with E-state index in [4.69, 9.17) is 4.74 Å². The Bertz CT molecular complexity index is 442. The van der Waals surface area contributed by atoms with Crippen molar-refractivity contribution in [3.05, 3.63) is 29.8 Å². The van der Waals surface area contributed by atoms with E-state index in [1.807, 2.05) is 24.3 Å². The SMILES string of the molecule is CC(C)(C)c1ccccc1OC(=O)C1CCNCC1. The summed E-state index contributed by atoms with van der Waals surface area (Å²) in [6.45, 7) is 8.19. The molecule has 0 amide bonds. The lowest BCUT2D eigenvalue weighted by molar-refractivity contribution is -0.139. The highest BCUT2D eigenvalue weighted by molar-refractivity contribution is 5.75. The first-order valence-electron chi connectivity index (χ1n) is 7.00. The molecule has 19 heavy (non-hydrogen) atoms. The number of ether oxygens (including phenoxy) is 1. The number of benzene rings is 1. The Morgan fingerprint density at radius 3 is 2.47 bits per heavy atom. The molecule has 0 aliphatic carbocycles. The van der Waals surface area contributed by atoms with Gasteiger partial charge in [-0.05, 0) is 37.4 Å². The second kappa shape index (κ2) is 5.74. The van der Waals surface area contributed by atoms with Gasteiger partial charge in [-0.3, -0.25) is 4.79 Å². The van der Waals surface area contributed by atoms with Crippen LogP contribution in [-0.2, 0) is 10.2 Å². The van der Waals surface area contributed by atoms with Crippen LogP contribution in [-0.4, -0.2) is 19.1 Å². The molecular formula is C16H23NO2. The molecule has 1 aliphatic rings. The van der Waals surface area contributed by atoms with Crippen molar-refractivity contribution in [1.82, 2.24) is 5.32 Å². The molecule has 1 N–H and O–H groups in total. The van der Waals surface area contributed by atoms with Crippen molar-refractivity contribution in [2.75, 3.05) is 13.1 Å². The van der Waals surface area contributed by atoms with Crippen molar-refractivity contribution < 1.29 is 9.53 Å². The van der Waals surface area contributed by atoms with Crippen LogP contribution in [0.1, 0.15) is 39.2 Å². The average molecular weight is 261 g/mol. The standard InChI is InChI=1S/C16H23NO2/c1-16(2,3)13-6-4-5-7-14(13)19-15(18)12-8-10-17-11-9-12/h4-7,12,17H,8-11H2,1-3H3. The number of carbonyl (C=O) groups is 1. The summed E-state index contributed by atoms with van der Waals surface area (Å²) < 4.78 is 5.64. The minimum Gasteiger partial charge on any atom is -0.426 e. The number of nitrogens with one attached hydrogen (secondary N) is 1. The molecule has 0 radical (unpaired) electrons. The van der Waals surface area contributed by atoms with Gasteiger partial charge in [-0.15, -0.1) is 0 Å². The Balaban J connectivity index is 2.12. The van der Waals surface area contributed by atoms with Gasteiger partial charge in [0.1, 0.15) is 5.75 Å². The topological polar surface area (TPSA) is 38.3 Å². The Morgan fingerprint density at radius 1 is 1.21 bits per heavy atom. The van der Waals surface area contributed by atoms with Crippen molar-refractivity contribution in [1.29, 1.82) is 0 Å². The molecule has 0 aromatic heterocycles. The molecular weight excluding hydrogens is 238 g/mol. The maximum Gasteiger partial charge on any atom is 0.314 e. The van der Waals surface area contributed by atoms with E-state index >= 15 is 0 Å². The molecule has 1 heterocycles. The second-order valence-electron chi connectivity index (χ2n) is 6.19. The summed E-state index contributed by atoms with van der Waals surface area (Å²) in [6.07, 6.45) is 1.74.